The summed E-state index contributed by atoms with van der Waals surface area (Å²) in [5.74, 6) is -0.716. The lowest BCUT2D eigenvalue weighted by Gasteiger charge is -2.11. The first kappa shape index (κ1) is 14.2. The van der Waals surface area contributed by atoms with Crippen molar-refractivity contribution in [1.29, 1.82) is 0 Å². The minimum absolute atomic E-state index is 0.0296. The summed E-state index contributed by atoms with van der Waals surface area (Å²) < 4.78 is 1.37. The zero-order valence-electron chi connectivity index (χ0n) is 12.9. The Hall–Kier alpha value is -3.41. The Labute approximate surface area is 137 Å². The molecule has 0 aliphatic carbocycles. The molecule has 24 heavy (non-hydrogen) atoms. The van der Waals surface area contributed by atoms with Crippen molar-refractivity contribution in [1.82, 2.24) is 14.6 Å². The van der Waals surface area contributed by atoms with Crippen molar-refractivity contribution in [3.8, 4) is 11.1 Å². The molecular weight excluding hydrogens is 304 g/mol. The third-order valence-corrected chi connectivity index (χ3v) is 4.12. The van der Waals surface area contributed by atoms with Crippen molar-refractivity contribution in [2.75, 3.05) is 5.73 Å². The number of benzene rings is 2. The van der Waals surface area contributed by atoms with Gasteiger partial charge < -0.3 is 10.8 Å². The van der Waals surface area contributed by atoms with Crippen LogP contribution in [0.15, 0.2) is 48.8 Å². The summed E-state index contributed by atoms with van der Waals surface area (Å²) in [6, 6.07) is 12.2. The van der Waals surface area contributed by atoms with Crippen molar-refractivity contribution in [3.05, 3.63) is 59.9 Å². The van der Waals surface area contributed by atoms with Crippen molar-refractivity contribution in [2.24, 2.45) is 0 Å². The van der Waals surface area contributed by atoms with Crippen LogP contribution in [-0.2, 0) is 0 Å². The number of nitrogens with zero attached hydrogens (tertiary/aromatic N) is 3. The van der Waals surface area contributed by atoms with Gasteiger partial charge >= 0.3 is 5.97 Å². The maximum atomic E-state index is 11.2. The van der Waals surface area contributed by atoms with E-state index in [1.807, 2.05) is 25.1 Å². The van der Waals surface area contributed by atoms with Gasteiger partial charge in [-0.25, -0.2) is 9.78 Å². The average Bonchev–Trinajstić information content (AvgIpc) is 3.00. The van der Waals surface area contributed by atoms with E-state index in [0.29, 0.717) is 5.82 Å². The van der Waals surface area contributed by atoms with E-state index in [9.17, 15) is 9.90 Å². The Bertz CT molecular complexity index is 1110. The zero-order chi connectivity index (χ0) is 16.8. The quantitative estimate of drug-likeness (QED) is 0.592. The lowest BCUT2D eigenvalue weighted by atomic mass is 9.98. The molecule has 0 aliphatic rings. The highest BCUT2D eigenvalue weighted by Gasteiger charge is 2.17. The molecule has 6 nitrogen and oxygen atoms in total. The van der Waals surface area contributed by atoms with Gasteiger partial charge in [0.1, 0.15) is 11.4 Å². The number of aryl methyl sites for hydroxylation is 1. The molecule has 4 rings (SSSR count). The van der Waals surface area contributed by atoms with Crippen molar-refractivity contribution < 1.29 is 9.90 Å². The predicted molar refractivity (Wildman–Crippen MR) is 92.0 cm³/mol. The molecule has 0 atom stereocenters. The van der Waals surface area contributed by atoms with Gasteiger partial charge in [0.15, 0.2) is 5.65 Å². The second-order valence-electron chi connectivity index (χ2n) is 5.69. The number of carboxylic acids is 1. The van der Waals surface area contributed by atoms with Crippen LogP contribution in [0.3, 0.4) is 0 Å². The molecule has 2 aromatic carbocycles. The van der Waals surface area contributed by atoms with Crippen molar-refractivity contribution in [2.45, 2.75) is 6.92 Å². The van der Waals surface area contributed by atoms with Gasteiger partial charge in [-0.1, -0.05) is 42.0 Å². The lowest BCUT2D eigenvalue weighted by molar-refractivity contribution is 0.0699. The van der Waals surface area contributed by atoms with Crippen LogP contribution in [0.1, 0.15) is 15.9 Å². The number of hydrogen-bond donors (Lipinski definition) is 2. The smallest absolute Gasteiger partial charge is 0.341 e. The second-order valence-corrected chi connectivity index (χ2v) is 5.69. The average molecular weight is 318 g/mol. The van der Waals surface area contributed by atoms with Gasteiger partial charge in [0, 0.05) is 11.8 Å². The molecule has 118 valence electrons. The van der Waals surface area contributed by atoms with Crippen LogP contribution in [0.4, 0.5) is 5.82 Å². The van der Waals surface area contributed by atoms with Gasteiger partial charge in [-0.3, -0.25) is 0 Å². The molecule has 3 N–H and O–H groups in total. The third kappa shape index (κ3) is 2.00. The topological polar surface area (TPSA) is 93.5 Å². The molecule has 0 saturated carbocycles. The van der Waals surface area contributed by atoms with E-state index in [0.717, 1.165) is 27.5 Å². The highest BCUT2D eigenvalue weighted by atomic mass is 16.4. The molecule has 6 heteroatoms. The van der Waals surface area contributed by atoms with E-state index < -0.39 is 5.97 Å². The van der Waals surface area contributed by atoms with Crippen LogP contribution in [-0.4, -0.2) is 25.7 Å². The van der Waals surface area contributed by atoms with E-state index in [1.165, 1.54) is 10.7 Å². The second kappa shape index (κ2) is 5.06. The summed E-state index contributed by atoms with van der Waals surface area (Å²) in [6.07, 6.45) is 2.87. The Morgan fingerprint density at radius 2 is 2.00 bits per heavy atom. The Morgan fingerprint density at radius 1 is 1.17 bits per heavy atom. The van der Waals surface area contributed by atoms with Crippen molar-refractivity contribution in [3.63, 3.8) is 0 Å². The molecule has 4 aromatic rings. The minimum Gasteiger partial charge on any atom is -0.477 e. The van der Waals surface area contributed by atoms with Gasteiger partial charge in [-0.15, -0.1) is 0 Å². The van der Waals surface area contributed by atoms with Crippen LogP contribution in [0.2, 0.25) is 0 Å². The van der Waals surface area contributed by atoms with E-state index in [2.05, 4.69) is 28.3 Å². The zero-order valence-corrected chi connectivity index (χ0v) is 12.9. The number of aromatic carboxylic acids is 1. The molecule has 0 fully saturated rings. The van der Waals surface area contributed by atoms with Gasteiger partial charge in [0.2, 0.25) is 0 Å². The molecule has 2 aromatic heterocycles. The largest absolute Gasteiger partial charge is 0.477 e. The van der Waals surface area contributed by atoms with Crippen molar-refractivity contribution >= 4 is 28.2 Å². The number of hydrogen-bond acceptors (Lipinski definition) is 4. The number of rotatable bonds is 2. The van der Waals surface area contributed by atoms with E-state index >= 15 is 0 Å². The Balaban J connectivity index is 2.02. The number of nitrogens with two attached hydrogens (primary N) is 1. The van der Waals surface area contributed by atoms with Gasteiger partial charge in [0.25, 0.3) is 0 Å². The highest BCUT2D eigenvalue weighted by molar-refractivity contribution is 6.00. The molecular formula is C18H14N4O2. The summed E-state index contributed by atoms with van der Waals surface area (Å²) in [7, 11) is 0. The van der Waals surface area contributed by atoms with Crippen LogP contribution < -0.4 is 5.73 Å². The van der Waals surface area contributed by atoms with Crippen LogP contribution in [0.5, 0.6) is 0 Å². The van der Waals surface area contributed by atoms with Crippen LogP contribution in [0, 0.1) is 6.92 Å². The third-order valence-electron chi connectivity index (χ3n) is 4.12. The predicted octanol–water partition coefficient (Wildman–Crippen LogP) is 3.14. The molecule has 0 aliphatic heterocycles. The Kier molecular flexibility index (Phi) is 2.99. The number of carbonyl (C=O) groups is 1. The minimum atomic E-state index is -1.08. The summed E-state index contributed by atoms with van der Waals surface area (Å²) in [6.45, 7) is 2.04. The fourth-order valence-corrected chi connectivity index (χ4v) is 2.93. The Morgan fingerprint density at radius 3 is 2.79 bits per heavy atom. The first-order chi connectivity index (χ1) is 11.6. The van der Waals surface area contributed by atoms with Crippen LogP contribution >= 0.6 is 0 Å². The first-order valence-corrected chi connectivity index (χ1v) is 7.41. The summed E-state index contributed by atoms with van der Waals surface area (Å²) in [5, 5.41) is 15.4. The van der Waals surface area contributed by atoms with E-state index in [1.54, 1.807) is 6.20 Å². The summed E-state index contributed by atoms with van der Waals surface area (Å²) >= 11 is 0. The lowest BCUT2D eigenvalue weighted by Crippen LogP contribution is -2.04. The first-order valence-electron chi connectivity index (χ1n) is 7.41. The number of anilines is 1. The molecule has 0 bridgehead atoms. The highest BCUT2D eigenvalue weighted by Crippen LogP contribution is 2.33. The molecule has 0 amide bonds. The van der Waals surface area contributed by atoms with Gasteiger partial charge in [0.05, 0.1) is 6.20 Å². The summed E-state index contributed by atoms with van der Waals surface area (Å²) in [4.78, 5) is 15.5. The van der Waals surface area contributed by atoms with E-state index in [-0.39, 0.29) is 11.2 Å². The standard InChI is InChI=1S/C18H14N4O2/c1-10-5-6-11-3-2-4-12(13(11)7-10)14-8-20-17-15(18(23)24)9-21-22(17)16(14)19/h2-9H,19H2,1H3,(H,23,24). The summed E-state index contributed by atoms with van der Waals surface area (Å²) in [5.41, 5.74) is 9.34. The molecule has 0 spiro atoms. The van der Waals surface area contributed by atoms with Gasteiger partial charge in [-0.2, -0.15) is 9.61 Å². The molecule has 0 unspecified atom stereocenters. The maximum absolute atomic E-state index is 11.2. The maximum Gasteiger partial charge on any atom is 0.341 e. The fourth-order valence-electron chi connectivity index (χ4n) is 2.93. The normalized spacial score (nSPS) is 11.2. The van der Waals surface area contributed by atoms with Gasteiger partial charge in [-0.05, 0) is 23.3 Å². The SMILES string of the molecule is Cc1ccc2cccc(-c3cnc4c(C(=O)O)cnn4c3N)c2c1. The molecule has 0 saturated heterocycles. The van der Waals surface area contributed by atoms with Crippen LogP contribution in [0.25, 0.3) is 27.5 Å². The molecule has 0 radical (unpaired) electrons. The fraction of sp³-hybridized carbons (Fsp3) is 0.0556. The number of fused-ring (bicyclic) bond motifs is 2. The number of carboxylic acid groups (broad SMARTS) is 1. The molecule has 2 heterocycles. The van der Waals surface area contributed by atoms with E-state index in [4.69, 9.17) is 5.73 Å². The monoisotopic (exact) mass is 318 g/mol. The number of aromatic nitrogens is 3. The number of nitrogen functional groups attached to an aromatic ring is 1.